The molecule has 0 spiro atoms. The molecule has 2 rings (SSSR count). The number of unbranched alkanes of at least 4 members (excludes halogenated alkanes) is 1. The number of hydrogen-bond acceptors (Lipinski definition) is 3. The summed E-state index contributed by atoms with van der Waals surface area (Å²) >= 11 is 1.64. The molecule has 3 nitrogen and oxygen atoms in total. The second-order valence-corrected chi connectivity index (χ2v) is 5.06. The fourth-order valence-corrected chi connectivity index (χ4v) is 2.55. The number of thiazole rings is 1. The van der Waals surface area contributed by atoms with Crippen LogP contribution in [0.4, 0.5) is 0 Å². The first kappa shape index (κ1) is 12.8. The van der Waals surface area contributed by atoms with Gasteiger partial charge >= 0.3 is 5.97 Å². The molecular formula is C14H15NO2S. The van der Waals surface area contributed by atoms with Gasteiger partial charge in [-0.1, -0.05) is 25.5 Å². The number of carbonyl (C=O) groups is 1. The molecule has 0 saturated heterocycles. The van der Waals surface area contributed by atoms with E-state index in [1.807, 2.05) is 11.4 Å². The standard InChI is InChI=1S/C14H15NO2S/c1-2-3-7-13-15-12(9-18-13)10-5-4-6-11(8-10)14(16)17/h4-6,8-9H,2-3,7H2,1H3,(H,16,17). The molecule has 1 N–H and O–H groups in total. The van der Waals surface area contributed by atoms with Crippen LogP contribution in [0, 0.1) is 0 Å². The summed E-state index contributed by atoms with van der Waals surface area (Å²) in [6.45, 7) is 2.16. The molecule has 18 heavy (non-hydrogen) atoms. The van der Waals surface area contributed by atoms with Crippen LogP contribution in [-0.4, -0.2) is 16.1 Å². The van der Waals surface area contributed by atoms with Crippen molar-refractivity contribution in [1.29, 1.82) is 0 Å². The molecule has 2 aromatic rings. The van der Waals surface area contributed by atoms with Crippen LogP contribution in [0.5, 0.6) is 0 Å². The molecule has 0 saturated carbocycles. The Balaban J connectivity index is 2.23. The Morgan fingerprint density at radius 2 is 2.28 bits per heavy atom. The highest BCUT2D eigenvalue weighted by atomic mass is 32.1. The Labute approximate surface area is 110 Å². The van der Waals surface area contributed by atoms with Crippen LogP contribution >= 0.6 is 11.3 Å². The van der Waals surface area contributed by atoms with Gasteiger partial charge in [0.2, 0.25) is 0 Å². The Morgan fingerprint density at radius 1 is 1.44 bits per heavy atom. The smallest absolute Gasteiger partial charge is 0.335 e. The maximum absolute atomic E-state index is 10.9. The number of benzene rings is 1. The number of carboxylic acid groups (broad SMARTS) is 1. The van der Waals surface area contributed by atoms with Crippen LogP contribution in [0.3, 0.4) is 0 Å². The van der Waals surface area contributed by atoms with Gasteiger partial charge in [0, 0.05) is 10.9 Å². The van der Waals surface area contributed by atoms with Crippen molar-refractivity contribution in [3.63, 3.8) is 0 Å². The maximum Gasteiger partial charge on any atom is 0.335 e. The minimum atomic E-state index is -0.904. The Morgan fingerprint density at radius 3 is 3.00 bits per heavy atom. The Bertz CT molecular complexity index is 548. The second kappa shape index (κ2) is 5.78. The normalized spacial score (nSPS) is 10.5. The van der Waals surface area contributed by atoms with E-state index in [2.05, 4.69) is 11.9 Å². The Hall–Kier alpha value is -1.68. The molecule has 0 radical (unpaired) electrons. The van der Waals surface area contributed by atoms with E-state index in [4.69, 9.17) is 5.11 Å². The average Bonchev–Trinajstić information content (AvgIpc) is 2.85. The van der Waals surface area contributed by atoms with Gasteiger partial charge in [0.1, 0.15) is 0 Å². The molecule has 0 unspecified atom stereocenters. The minimum absolute atomic E-state index is 0.301. The molecule has 0 aliphatic carbocycles. The SMILES string of the molecule is CCCCc1nc(-c2cccc(C(=O)O)c2)cs1. The van der Waals surface area contributed by atoms with Crippen molar-refractivity contribution in [1.82, 2.24) is 4.98 Å². The van der Waals surface area contributed by atoms with E-state index in [1.165, 1.54) is 0 Å². The lowest BCUT2D eigenvalue weighted by atomic mass is 10.1. The van der Waals surface area contributed by atoms with Crippen LogP contribution < -0.4 is 0 Å². The van der Waals surface area contributed by atoms with Gasteiger partial charge in [-0.2, -0.15) is 0 Å². The summed E-state index contributed by atoms with van der Waals surface area (Å²) in [5.41, 5.74) is 2.04. The van der Waals surface area contributed by atoms with E-state index < -0.39 is 5.97 Å². The van der Waals surface area contributed by atoms with Crippen molar-refractivity contribution < 1.29 is 9.90 Å². The molecular weight excluding hydrogens is 246 g/mol. The lowest BCUT2D eigenvalue weighted by Gasteiger charge is -1.99. The zero-order valence-electron chi connectivity index (χ0n) is 10.2. The third kappa shape index (κ3) is 2.96. The van der Waals surface area contributed by atoms with Crippen molar-refractivity contribution in [3.8, 4) is 11.3 Å². The van der Waals surface area contributed by atoms with Gasteiger partial charge in [-0.15, -0.1) is 11.3 Å². The molecule has 4 heteroatoms. The largest absolute Gasteiger partial charge is 0.478 e. The van der Waals surface area contributed by atoms with Crippen LogP contribution in [0.2, 0.25) is 0 Å². The third-order valence-electron chi connectivity index (χ3n) is 2.70. The van der Waals surface area contributed by atoms with Crippen molar-refractivity contribution in [2.24, 2.45) is 0 Å². The van der Waals surface area contributed by atoms with Crippen molar-refractivity contribution in [2.75, 3.05) is 0 Å². The number of aromatic carboxylic acids is 1. The Kier molecular flexibility index (Phi) is 4.10. The zero-order valence-corrected chi connectivity index (χ0v) is 11.0. The predicted octanol–water partition coefficient (Wildman–Crippen LogP) is 3.85. The minimum Gasteiger partial charge on any atom is -0.478 e. The molecule has 0 amide bonds. The highest BCUT2D eigenvalue weighted by Gasteiger charge is 2.07. The van der Waals surface area contributed by atoms with Gasteiger partial charge in [0.25, 0.3) is 0 Å². The number of rotatable bonds is 5. The summed E-state index contributed by atoms with van der Waals surface area (Å²) < 4.78 is 0. The monoisotopic (exact) mass is 261 g/mol. The summed E-state index contributed by atoms with van der Waals surface area (Å²) in [5.74, 6) is -0.904. The lowest BCUT2D eigenvalue weighted by Crippen LogP contribution is -1.95. The van der Waals surface area contributed by atoms with E-state index in [0.717, 1.165) is 35.5 Å². The van der Waals surface area contributed by atoms with Gasteiger partial charge in [-0.3, -0.25) is 0 Å². The molecule has 0 atom stereocenters. The van der Waals surface area contributed by atoms with Gasteiger partial charge in [0.05, 0.1) is 16.3 Å². The number of aryl methyl sites for hydroxylation is 1. The maximum atomic E-state index is 10.9. The summed E-state index contributed by atoms with van der Waals surface area (Å²) in [6, 6.07) is 6.91. The highest BCUT2D eigenvalue weighted by molar-refractivity contribution is 7.09. The van der Waals surface area contributed by atoms with Gasteiger partial charge in [-0.05, 0) is 25.0 Å². The quantitative estimate of drug-likeness (QED) is 0.889. The fraction of sp³-hybridized carbons (Fsp3) is 0.286. The first-order valence-corrected chi connectivity index (χ1v) is 6.87. The highest BCUT2D eigenvalue weighted by Crippen LogP contribution is 2.23. The van der Waals surface area contributed by atoms with Crippen LogP contribution in [-0.2, 0) is 6.42 Å². The van der Waals surface area contributed by atoms with Crippen molar-refractivity contribution in [2.45, 2.75) is 26.2 Å². The van der Waals surface area contributed by atoms with Crippen molar-refractivity contribution >= 4 is 17.3 Å². The number of aromatic nitrogens is 1. The summed E-state index contributed by atoms with van der Waals surface area (Å²) in [4.78, 5) is 15.5. The van der Waals surface area contributed by atoms with E-state index >= 15 is 0 Å². The molecule has 1 aromatic carbocycles. The van der Waals surface area contributed by atoms with Crippen molar-refractivity contribution in [3.05, 3.63) is 40.2 Å². The average molecular weight is 261 g/mol. The molecule has 0 fully saturated rings. The number of hydrogen-bond donors (Lipinski definition) is 1. The fourth-order valence-electron chi connectivity index (χ4n) is 1.70. The van der Waals surface area contributed by atoms with E-state index in [9.17, 15) is 4.79 Å². The molecule has 94 valence electrons. The molecule has 1 heterocycles. The summed E-state index contributed by atoms with van der Waals surface area (Å²) in [6.07, 6.45) is 3.30. The zero-order chi connectivity index (χ0) is 13.0. The van der Waals surface area contributed by atoms with Crippen LogP contribution in [0.15, 0.2) is 29.6 Å². The molecule has 0 aliphatic rings. The van der Waals surface area contributed by atoms with Gasteiger partial charge in [0.15, 0.2) is 0 Å². The third-order valence-corrected chi connectivity index (χ3v) is 3.61. The topological polar surface area (TPSA) is 50.2 Å². The first-order chi connectivity index (χ1) is 8.70. The first-order valence-electron chi connectivity index (χ1n) is 5.99. The molecule has 1 aromatic heterocycles. The number of carboxylic acids is 1. The predicted molar refractivity (Wildman–Crippen MR) is 73.1 cm³/mol. The van der Waals surface area contributed by atoms with E-state index in [-0.39, 0.29) is 0 Å². The molecule has 0 bridgehead atoms. The summed E-state index contributed by atoms with van der Waals surface area (Å²) in [7, 11) is 0. The van der Waals surface area contributed by atoms with E-state index in [1.54, 1.807) is 29.5 Å². The van der Waals surface area contributed by atoms with Gasteiger partial charge in [-0.25, -0.2) is 9.78 Å². The summed E-state index contributed by atoms with van der Waals surface area (Å²) in [5, 5.41) is 12.1. The van der Waals surface area contributed by atoms with E-state index in [0.29, 0.717) is 5.56 Å². The number of nitrogens with zero attached hydrogens (tertiary/aromatic N) is 1. The van der Waals surface area contributed by atoms with Gasteiger partial charge < -0.3 is 5.11 Å². The second-order valence-electron chi connectivity index (χ2n) is 4.12. The van der Waals surface area contributed by atoms with Crippen LogP contribution in [0.1, 0.15) is 35.1 Å². The van der Waals surface area contributed by atoms with Crippen LogP contribution in [0.25, 0.3) is 11.3 Å². The molecule has 0 aliphatic heterocycles. The lowest BCUT2D eigenvalue weighted by molar-refractivity contribution is 0.0697.